The van der Waals surface area contributed by atoms with E-state index in [9.17, 15) is 14.4 Å². The van der Waals surface area contributed by atoms with E-state index in [4.69, 9.17) is 9.26 Å². The van der Waals surface area contributed by atoms with E-state index < -0.39 is 5.91 Å². The Morgan fingerprint density at radius 3 is 2.59 bits per heavy atom. The number of carbonyl (C=O) groups excluding carboxylic acids is 3. The van der Waals surface area contributed by atoms with Crippen molar-refractivity contribution in [1.29, 1.82) is 0 Å². The number of benzene rings is 1. The number of piperazine rings is 1. The van der Waals surface area contributed by atoms with Crippen LogP contribution in [-0.2, 0) is 9.53 Å². The van der Waals surface area contributed by atoms with E-state index in [0.717, 1.165) is 5.56 Å². The first kappa shape index (κ1) is 23.7. The molecule has 1 aliphatic rings. The van der Waals surface area contributed by atoms with Crippen LogP contribution in [0.1, 0.15) is 17.4 Å². The van der Waals surface area contributed by atoms with Crippen LogP contribution in [0.4, 0.5) is 9.93 Å². The van der Waals surface area contributed by atoms with Crippen molar-refractivity contribution < 1.29 is 23.6 Å². The second-order valence-corrected chi connectivity index (χ2v) is 9.33. The topological polar surface area (TPSA) is 131 Å². The lowest BCUT2D eigenvalue weighted by Gasteiger charge is -2.33. The van der Waals surface area contributed by atoms with Gasteiger partial charge in [0.2, 0.25) is 11.0 Å². The lowest BCUT2D eigenvalue weighted by atomic mass is 10.1. The number of rotatable bonds is 7. The quantitative estimate of drug-likeness (QED) is 0.383. The molecule has 0 bridgehead atoms. The molecule has 3 aromatic rings. The molecule has 13 heteroatoms. The third-order valence-corrected chi connectivity index (χ3v) is 6.86. The molecule has 178 valence electrons. The highest BCUT2D eigenvalue weighted by atomic mass is 32.2. The first-order valence-corrected chi connectivity index (χ1v) is 12.3. The molecule has 0 saturated carbocycles. The van der Waals surface area contributed by atoms with Gasteiger partial charge in [0.1, 0.15) is 0 Å². The summed E-state index contributed by atoms with van der Waals surface area (Å²) in [7, 11) is 0. The van der Waals surface area contributed by atoms with E-state index in [-0.39, 0.29) is 23.4 Å². The molecule has 1 aromatic carbocycles. The van der Waals surface area contributed by atoms with Crippen molar-refractivity contribution in [3.8, 4) is 11.3 Å². The van der Waals surface area contributed by atoms with Crippen LogP contribution in [0.25, 0.3) is 11.3 Å². The van der Waals surface area contributed by atoms with Crippen molar-refractivity contribution in [3.05, 3.63) is 42.1 Å². The second kappa shape index (κ2) is 11.1. The summed E-state index contributed by atoms with van der Waals surface area (Å²) >= 11 is 2.41. The standard InChI is InChI=1S/C21H22N6O5S2/c1-2-31-21(30)27-10-8-26(9-11-27)17(28)13-33-20-24-23-19(34-20)22-18(29)15-12-16(32-25-15)14-6-4-3-5-7-14/h3-7,12H,2,8-11,13H2,1H3,(H,22,23,29). The van der Waals surface area contributed by atoms with Crippen LogP contribution in [-0.4, -0.2) is 81.6 Å². The van der Waals surface area contributed by atoms with Gasteiger partial charge in [0, 0.05) is 37.8 Å². The number of anilines is 1. The van der Waals surface area contributed by atoms with Gasteiger partial charge in [-0.15, -0.1) is 10.2 Å². The van der Waals surface area contributed by atoms with E-state index >= 15 is 0 Å². The van der Waals surface area contributed by atoms with Crippen molar-refractivity contribution in [3.63, 3.8) is 0 Å². The van der Waals surface area contributed by atoms with Gasteiger partial charge in [-0.25, -0.2) is 4.79 Å². The highest BCUT2D eigenvalue weighted by molar-refractivity contribution is 8.01. The van der Waals surface area contributed by atoms with E-state index in [1.54, 1.807) is 22.8 Å². The van der Waals surface area contributed by atoms with Gasteiger partial charge in [-0.2, -0.15) is 0 Å². The number of ether oxygens (including phenoxy) is 1. The summed E-state index contributed by atoms with van der Waals surface area (Å²) in [6, 6.07) is 10.9. The molecule has 0 aliphatic carbocycles. The lowest BCUT2D eigenvalue weighted by Crippen LogP contribution is -2.51. The average molecular weight is 503 g/mol. The molecule has 1 fully saturated rings. The maximum atomic E-state index is 12.5. The number of thioether (sulfide) groups is 1. The number of carbonyl (C=O) groups is 3. The Labute approximate surface area is 203 Å². The smallest absolute Gasteiger partial charge is 0.409 e. The highest BCUT2D eigenvalue weighted by Crippen LogP contribution is 2.26. The van der Waals surface area contributed by atoms with Gasteiger partial charge in [0.15, 0.2) is 15.8 Å². The van der Waals surface area contributed by atoms with Crippen LogP contribution in [0.5, 0.6) is 0 Å². The van der Waals surface area contributed by atoms with Crippen molar-refractivity contribution in [2.45, 2.75) is 11.3 Å². The van der Waals surface area contributed by atoms with Gasteiger partial charge >= 0.3 is 6.09 Å². The Morgan fingerprint density at radius 1 is 1.12 bits per heavy atom. The molecule has 11 nitrogen and oxygen atoms in total. The summed E-state index contributed by atoms with van der Waals surface area (Å²) in [5, 5.41) is 14.7. The molecule has 0 unspecified atom stereocenters. The second-order valence-electron chi connectivity index (χ2n) is 7.13. The molecule has 1 aliphatic heterocycles. The van der Waals surface area contributed by atoms with Crippen LogP contribution in [0.15, 0.2) is 45.3 Å². The third kappa shape index (κ3) is 5.91. The first-order valence-electron chi connectivity index (χ1n) is 10.5. The Balaban J connectivity index is 1.24. The molecule has 1 saturated heterocycles. The average Bonchev–Trinajstić information content (AvgIpc) is 3.53. The van der Waals surface area contributed by atoms with Crippen molar-refractivity contribution in [2.75, 3.05) is 43.9 Å². The molecule has 0 spiro atoms. The van der Waals surface area contributed by atoms with Gasteiger partial charge in [-0.3, -0.25) is 14.9 Å². The van der Waals surface area contributed by atoms with Crippen LogP contribution in [0.3, 0.4) is 0 Å². The van der Waals surface area contributed by atoms with E-state index in [0.29, 0.717) is 48.0 Å². The fourth-order valence-electron chi connectivity index (χ4n) is 3.17. The number of nitrogens with zero attached hydrogens (tertiary/aromatic N) is 5. The minimum atomic E-state index is -0.464. The predicted molar refractivity (Wildman–Crippen MR) is 126 cm³/mol. The Morgan fingerprint density at radius 2 is 1.85 bits per heavy atom. The fourth-order valence-corrected chi connectivity index (χ4v) is 4.82. The number of hydrogen-bond donors (Lipinski definition) is 1. The summed E-state index contributed by atoms with van der Waals surface area (Å²) < 4.78 is 10.8. The minimum absolute atomic E-state index is 0.0506. The van der Waals surface area contributed by atoms with Crippen molar-refractivity contribution in [2.24, 2.45) is 0 Å². The van der Waals surface area contributed by atoms with Crippen LogP contribution in [0, 0.1) is 0 Å². The normalized spacial score (nSPS) is 13.6. The Kier molecular flexibility index (Phi) is 7.75. The van der Waals surface area contributed by atoms with E-state index in [1.165, 1.54) is 23.1 Å². The summed E-state index contributed by atoms with van der Waals surface area (Å²) in [5.74, 6) is 0.159. The van der Waals surface area contributed by atoms with Gasteiger partial charge in [-0.05, 0) is 6.92 Å². The number of amides is 3. The summed E-state index contributed by atoms with van der Waals surface area (Å²) in [6.45, 7) is 3.88. The van der Waals surface area contributed by atoms with Gasteiger partial charge in [0.25, 0.3) is 5.91 Å². The van der Waals surface area contributed by atoms with Crippen LogP contribution >= 0.6 is 23.1 Å². The number of nitrogens with one attached hydrogen (secondary N) is 1. The highest BCUT2D eigenvalue weighted by Gasteiger charge is 2.25. The largest absolute Gasteiger partial charge is 0.450 e. The van der Waals surface area contributed by atoms with Gasteiger partial charge in [-0.1, -0.05) is 58.6 Å². The van der Waals surface area contributed by atoms with Crippen molar-refractivity contribution >= 4 is 46.1 Å². The molecule has 34 heavy (non-hydrogen) atoms. The molecule has 3 amide bonds. The zero-order chi connectivity index (χ0) is 23.9. The minimum Gasteiger partial charge on any atom is -0.450 e. The summed E-state index contributed by atoms with van der Waals surface area (Å²) in [4.78, 5) is 40.0. The maximum absolute atomic E-state index is 12.5. The Hall–Kier alpha value is -3.45. The molecular formula is C21H22N6O5S2. The predicted octanol–water partition coefficient (Wildman–Crippen LogP) is 2.84. The molecule has 3 heterocycles. The molecule has 0 atom stereocenters. The van der Waals surface area contributed by atoms with E-state index in [1.807, 2.05) is 30.3 Å². The monoisotopic (exact) mass is 502 g/mol. The molecule has 0 radical (unpaired) electrons. The van der Waals surface area contributed by atoms with Gasteiger partial charge in [0.05, 0.1) is 12.4 Å². The SMILES string of the molecule is CCOC(=O)N1CCN(C(=O)CSc2nnc(NC(=O)c3cc(-c4ccccc4)on3)s2)CC1. The number of aromatic nitrogens is 3. The zero-order valence-electron chi connectivity index (χ0n) is 18.3. The van der Waals surface area contributed by atoms with Crippen LogP contribution < -0.4 is 5.32 Å². The van der Waals surface area contributed by atoms with E-state index in [2.05, 4.69) is 20.7 Å². The summed E-state index contributed by atoms with van der Waals surface area (Å²) in [5.41, 5.74) is 0.941. The molecular weight excluding hydrogens is 480 g/mol. The summed E-state index contributed by atoms with van der Waals surface area (Å²) in [6.07, 6.45) is -0.352. The molecule has 1 N–H and O–H groups in total. The number of hydrogen-bond acceptors (Lipinski definition) is 10. The third-order valence-electron chi connectivity index (χ3n) is 4.91. The molecule has 4 rings (SSSR count). The zero-order valence-corrected chi connectivity index (χ0v) is 19.9. The molecule has 2 aromatic heterocycles. The van der Waals surface area contributed by atoms with Crippen LogP contribution in [0.2, 0.25) is 0 Å². The Bertz CT molecular complexity index is 1140. The van der Waals surface area contributed by atoms with Crippen molar-refractivity contribution in [1.82, 2.24) is 25.2 Å². The lowest BCUT2D eigenvalue weighted by molar-refractivity contribution is -0.129. The first-order chi connectivity index (χ1) is 16.5. The maximum Gasteiger partial charge on any atom is 0.409 e. The fraction of sp³-hybridized carbons (Fsp3) is 0.333. The van der Waals surface area contributed by atoms with Gasteiger partial charge < -0.3 is 19.1 Å².